The number of ether oxygens (including phenoxy) is 3. The first kappa shape index (κ1) is 24.2. The molecule has 0 spiro atoms. The number of carbonyl (C=O) groups excluding carboxylic acids is 2. The molecule has 33 heavy (non-hydrogen) atoms. The van der Waals surface area contributed by atoms with Crippen molar-refractivity contribution in [1.82, 2.24) is 15.3 Å². The molecular formula is C22H28FN5O5. The number of halogens is 1. The number of ketones is 1. The standard InChI is InChI=1S/C22H28FN5O5/c1-31-9-10-33-22(30)27-15-6-4-14(5-7-15)26-21-25-12-17(20(24)28-21)19(29)16-11-13(23)3-8-18(16)32-2/h3,8,11-12,14-15H,4-7,9-10H2,1-2H3,(H,27,30)(H3,24,25,26,28)/t14-,15-. The lowest BCUT2D eigenvalue weighted by Gasteiger charge is -2.29. The van der Waals surface area contributed by atoms with Gasteiger partial charge in [-0.3, -0.25) is 4.79 Å². The molecule has 2 aromatic rings. The minimum Gasteiger partial charge on any atom is -0.496 e. The Morgan fingerprint density at radius 1 is 1.12 bits per heavy atom. The molecule has 1 aliphatic rings. The number of nitrogens with two attached hydrogens (primary N) is 1. The number of aromatic nitrogens is 2. The van der Waals surface area contributed by atoms with Crippen molar-refractivity contribution in [2.75, 3.05) is 38.5 Å². The molecule has 0 unspecified atom stereocenters. The zero-order valence-electron chi connectivity index (χ0n) is 18.6. The van der Waals surface area contributed by atoms with E-state index in [1.807, 2.05) is 0 Å². The molecule has 1 aliphatic carbocycles. The van der Waals surface area contributed by atoms with Gasteiger partial charge in [-0.05, 0) is 43.9 Å². The number of nitrogens with zero attached hydrogens (tertiary/aromatic N) is 2. The summed E-state index contributed by atoms with van der Waals surface area (Å²) >= 11 is 0. The average molecular weight is 461 g/mol. The van der Waals surface area contributed by atoms with Gasteiger partial charge in [0.05, 0.1) is 24.8 Å². The van der Waals surface area contributed by atoms with Crippen LogP contribution >= 0.6 is 0 Å². The molecule has 0 aliphatic heterocycles. The van der Waals surface area contributed by atoms with Gasteiger partial charge >= 0.3 is 6.09 Å². The van der Waals surface area contributed by atoms with Crippen molar-refractivity contribution >= 4 is 23.6 Å². The molecule has 3 rings (SSSR count). The van der Waals surface area contributed by atoms with E-state index in [1.54, 1.807) is 7.11 Å². The Morgan fingerprint density at radius 3 is 2.52 bits per heavy atom. The highest BCUT2D eigenvalue weighted by Gasteiger charge is 2.24. The Balaban J connectivity index is 1.56. The number of methoxy groups -OCH3 is 2. The number of nitrogen functional groups attached to an aromatic ring is 1. The number of amides is 1. The Hall–Kier alpha value is -3.47. The van der Waals surface area contributed by atoms with Gasteiger partial charge in [0.1, 0.15) is 24.0 Å². The van der Waals surface area contributed by atoms with Crippen LogP contribution in [0.1, 0.15) is 41.6 Å². The molecule has 0 saturated heterocycles. The van der Waals surface area contributed by atoms with Crippen molar-refractivity contribution in [3.8, 4) is 5.75 Å². The second-order valence-electron chi connectivity index (χ2n) is 7.63. The highest BCUT2D eigenvalue weighted by molar-refractivity contribution is 6.13. The highest BCUT2D eigenvalue weighted by atomic mass is 19.1. The fourth-order valence-electron chi connectivity index (χ4n) is 3.63. The van der Waals surface area contributed by atoms with E-state index in [4.69, 9.17) is 19.9 Å². The molecule has 1 aromatic carbocycles. The van der Waals surface area contributed by atoms with Crippen molar-refractivity contribution in [1.29, 1.82) is 0 Å². The van der Waals surface area contributed by atoms with Gasteiger partial charge in [0, 0.05) is 25.4 Å². The molecular weight excluding hydrogens is 433 g/mol. The molecule has 1 fully saturated rings. The number of carbonyl (C=O) groups is 2. The van der Waals surface area contributed by atoms with E-state index in [2.05, 4.69) is 20.6 Å². The van der Waals surface area contributed by atoms with E-state index < -0.39 is 17.7 Å². The first-order valence-electron chi connectivity index (χ1n) is 10.6. The molecule has 1 heterocycles. The van der Waals surface area contributed by atoms with Crippen molar-refractivity contribution in [3.63, 3.8) is 0 Å². The SMILES string of the molecule is COCCOC(=O)N[C@H]1CC[C@H](Nc2ncc(C(=O)c3cc(F)ccc3OC)c(N)n2)CC1. The third-order valence-corrected chi connectivity index (χ3v) is 5.37. The topological polar surface area (TPSA) is 138 Å². The summed E-state index contributed by atoms with van der Waals surface area (Å²) in [7, 11) is 2.94. The third-order valence-electron chi connectivity index (χ3n) is 5.37. The van der Waals surface area contributed by atoms with Gasteiger partial charge in [-0.15, -0.1) is 0 Å². The zero-order chi connectivity index (χ0) is 23.8. The smallest absolute Gasteiger partial charge is 0.407 e. The molecule has 11 heteroatoms. The van der Waals surface area contributed by atoms with Crippen molar-refractivity contribution in [2.24, 2.45) is 0 Å². The maximum atomic E-state index is 13.6. The van der Waals surface area contributed by atoms with E-state index in [9.17, 15) is 14.0 Å². The number of anilines is 2. The Kier molecular flexibility index (Phi) is 8.36. The van der Waals surface area contributed by atoms with Crippen LogP contribution < -0.4 is 21.1 Å². The Bertz CT molecular complexity index is 982. The minimum atomic E-state index is -0.565. The fourth-order valence-corrected chi connectivity index (χ4v) is 3.63. The van der Waals surface area contributed by atoms with E-state index in [0.29, 0.717) is 12.6 Å². The van der Waals surface area contributed by atoms with Crippen molar-refractivity contribution in [3.05, 3.63) is 41.3 Å². The highest BCUT2D eigenvalue weighted by Crippen LogP contribution is 2.26. The largest absolute Gasteiger partial charge is 0.496 e. The number of nitrogens with one attached hydrogen (secondary N) is 2. The second kappa shape index (κ2) is 11.4. The number of benzene rings is 1. The van der Waals surface area contributed by atoms with Crippen LogP contribution in [0.25, 0.3) is 0 Å². The van der Waals surface area contributed by atoms with E-state index >= 15 is 0 Å². The van der Waals surface area contributed by atoms with Gasteiger partial charge in [0.15, 0.2) is 0 Å². The van der Waals surface area contributed by atoms with E-state index in [-0.39, 0.29) is 41.4 Å². The quantitative estimate of drug-likeness (QED) is 0.380. The van der Waals surface area contributed by atoms with Gasteiger partial charge in [-0.1, -0.05) is 0 Å². The average Bonchev–Trinajstić information content (AvgIpc) is 2.80. The minimum absolute atomic E-state index is 0.0158. The molecule has 0 bridgehead atoms. The molecule has 1 saturated carbocycles. The normalized spacial score (nSPS) is 17.8. The summed E-state index contributed by atoms with van der Waals surface area (Å²) in [5, 5.41) is 6.07. The number of rotatable bonds is 9. The fraction of sp³-hybridized carbons (Fsp3) is 0.455. The van der Waals surface area contributed by atoms with Crippen molar-refractivity contribution < 1.29 is 28.2 Å². The summed E-state index contributed by atoms with van der Waals surface area (Å²) < 4.78 is 28.6. The van der Waals surface area contributed by atoms with E-state index in [1.165, 1.54) is 25.4 Å². The van der Waals surface area contributed by atoms with Crippen molar-refractivity contribution in [2.45, 2.75) is 37.8 Å². The monoisotopic (exact) mass is 461 g/mol. The second-order valence-corrected chi connectivity index (χ2v) is 7.63. The summed E-state index contributed by atoms with van der Waals surface area (Å²) in [6.07, 6.45) is 3.97. The van der Waals surface area contributed by atoms with Crippen LogP contribution in [0.5, 0.6) is 5.75 Å². The van der Waals surface area contributed by atoms with Crippen LogP contribution in [0.2, 0.25) is 0 Å². The van der Waals surface area contributed by atoms with Gasteiger partial charge in [0.2, 0.25) is 11.7 Å². The summed E-state index contributed by atoms with van der Waals surface area (Å²) in [5.41, 5.74) is 6.11. The third kappa shape index (κ3) is 6.51. The van der Waals surface area contributed by atoms with Crippen LogP contribution in [0.3, 0.4) is 0 Å². The first-order valence-corrected chi connectivity index (χ1v) is 10.6. The zero-order valence-corrected chi connectivity index (χ0v) is 18.6. The molecule has 0 atom stereocenters. The summed E-state index contributed by atoms with van der Waals surface area (Å²) in [5.74, 6) is -0.579. The summed E-state index contributed by atoms with van der Waals surface area (Å²) in [4.78, 5) is 33.0. The molecule has 10 nitrogen and oxygen atoms in total. The van der Waals surface area contributed by atoms with Crippen LogP contribution in [-0.2, 0) is 9.47 Å². The van der Waals surface area contributed by atoms with Gasteiger partial charge in [-0.25, -0.2) is 14.2 Å². The van der Waals surface area contributed by atoms with Gasteiger partial charge in [0.25, 0.3) is 0 Å². The van der Waals surface area contributed by atoms with Gasteiger partial charge in [-0.2, -0.15) is 4.98 Å². The lowest BCUT2D eigenvalue weighted by molar-refractivity contribution is 0.0950. The summed E-state index contributed by atoms with van der Waals surface area (Å²) in [6, 6.07) is 3.80. The summed E-state index contributed by atoms with van der Waals surface area (Å²) in [6.45, 7) is 0.565. The Labute approximate surface area is 191 Å². The molecule has 0 radical (unpaired) electrons. The lowest BCUT2D eigenvalue weighted by atomic mass is 9.91. The van der Waals surface area contributed by atoms with Gasteiger partial charge < -0.3 is 30.6 Å². The number of alkyl carbamates (subject to hydrolysis) is 1. The number of hydrogen-bond acceptors (Lipinski definition) is 9. The van der Waals surface area contributed by atoms with Crippen LogP contribution in [0.4, 0.5) is 21.0 Å². The van der Waals surface area contributed by atoms with E-state index in [0.717, 1.165) is 31.7 Å². The molecule has 1 aromatic heterocycles. The molecule has 1 amide bonds. The lowest BCUT2D eigenvalue weighted by Crippen LogP contribution is -2.40. The first-order chi connectivity index (χ1) is 15.9. The Morgan fingerprint density at radius 2 is 1.85 bits per heavy atom. The maximum absolute atomic E-state index is 13.6. The molecule has 178 valence electrons. The molecule has 4 N–H and O–H groups in total. The maximum Gasteiger partial charge on any atom is 0.407 e. The predicted octanol–water partition coefficient (Wildman–Crippen LogP) is 2.53. The van der Waals surface area contributed by atoms with Crippen LogP contribution in [0, 0.1) is 5.82 Å². The predicted molar refractivity (Wildman–Crippen MR) is 119 cm³/mol. The van der Waals surface area contributed by atoms with Crippen LogP contribution in [0.15, 0.2) is 24.4 Å². The van der Waals surface area contributed by atoms with Crippen LogP contribution in [-0.4, -0.2) is 61.4 Å². The number of hydrogen-bond donors (Lipinski definition) is 3.